The van der Waals surface area contributed by atoms with Gasteiger partial charge < -0.3 is 14.5 Å². The number of amides is 2. The van der Waals surface area contributed by atoms with Crippen LogP contribution < -0.4 is 0 Å². The number of hydrogen-bond donors (Lipinski definition) is 0. The van der Waals surface area contributed by atoms with E-state index in [0.29, 0.717) is 43.1 Å². The smallest absolute Gasteiger partial charge is 0.272 e. The second kappa shape index (κ2) is 7.61. The normalized spacial score (nSPS) is 28.1. The van der Waals surface area contributed by atoms with Crippen molar-refractivity contribution < 1.29 is 14.3 Å². The lowest BCUT2D eigenvalue weighted by Crippen LogP contribution is -2.56. The van der Waals surface area contributed by atoms with Crippen molar-refractivity contribution in [3.8, 4) is 0 Å². The number of ether oxygens (including phenoxy) is 1. The van der Waals surface area contributed by atoms with E-state index >= 15 is 0 Å². The van der Waals surface area contributed by atoms with Crippen molar-refractivity contribution in [2.75, 3.05) is 52.5 Å². The van der Waals surface area contributed by atoms with Gasteiger partial charge in [0.25, 0.3) is 5.91 Å². The van der Waals surface area contributed by atoms with Crippen molar-refractivity contribution >= 4 is 23.4 Å². The Hall–Kier alpha value is -1.70. The van der Waals surface area contributed by atoms with Gasteiger partial charge in [-0.1, -0.05) is 11.6 Å². The van der Waals surface area contributed by atoms with Crippen molar-refractivity contribution in [1.82, 2.24) is 19.7 Å². The summed E-state index contributed by atoms with van der Waals surface area (Å²) in [5, 5.41) is 0.496. The van der Waals surface area contributed by atoms with Gasteiger partial charge in [-0.15, -0.1) is 0 Å². The van der Waals surface area contributed by atoms with E-state index in [-0.39, 0.29) is 17.7 Å². The van der Waals surface area contributed by atoms with Crippen LogP contribution in [-0.4, -0.2) is 90.0 Å². The number of aromatic nitrogens is 1. The lowest BCUT2D eigenvalue weighted by molar-refractivity contribution is -0.144. The highest BCUT2D eigenvalue weighted by atomic mass is 35.5. The molecular formula is C20H27ClN4O3. The molecule has 0 aromatic carbocycles. The first kappa shape index (κ1) is 19.6. The van der Waals surface area contributed by atoms with E-state index in [9.17, 15) is 9.59 Å². The number of fused-ring (bicyclic) bond motifs is 1. The van der Waals surface area contributed by atoms with E-state index in [1.807, 2.05) is 4.90 Å². The highest BCUT2D eigenvalue weighted by Crippen LogP contribution is 2.43. The first-order valence-electron chi connectivity index (χ1n) is 9.93. The molecule has 28 heavy (non-hydrogen) atoms. The second-order valence-electron chi connectivity index (χ2n) is 8.34. The van der Waals surface area contributed by atoms with Gasteiger partial charge in [0.1, 0.15) is 5.69 Å². The Balaban J connectivity index is 1.48. The number of hydrogen-bond acceptors (Lipinski definition) is 5. The summed E-state index contributed by atoms with van der Waals surface area (Å²) in [6, 6.07) is 3.79. The molecule has 3 fully saturated rings. The Morgan fingerprint density at radius 1 is 1.21 bits per heavy atom. The van der Waals surface area contributed by atoms with E-state index in [1.54, 1.807) is 17.0 Å². The number of likely N-dealkylation sites (tertiary alicyclic amines) is 1. The summed E-state index contributed by atoms with van der Waals surface area (Å²) >= 11 is 5.88. The average Bonchev–Trinajstić information content (AvgIpc) is 3.26. The number of piperazine rings is 1. The second-order valence-corrected chi connectivity index (χ2v) is 8.77. The van der Waals surface area contributed by atoms with Crippen LogP contribution in [0.25, 0.3) is 0 Å². The monoisotopic (exact) mass is 406 g/mol. The Bertz CT molecular complexity index is 748. The van der Waals surface area contributed by atoms with Crippen LogP contribution in [0, 0.1) is 11.3 Å². The standard InChI is InChI=1S/C20H27ClN4O3/c1-14(2)23-5-7-24(8-6-23)19(27)20-12-25(10-15(20)11-28-13-20)18(26)17-4-3-16(21)9-22-17/h3-4,9,14-15H,5-8,10-13H2,1-2H3/t15-,20-/m1/s1. The molecule has 0 N–H and O–H groups in total. The molecule has 1 aromatic heterocycles. The van der Waals surface area contributed by atoms with Crippen molar-refractivity contribution in [3.63, 3.8) is 0 Å². The van der Waals surface area contributed by atoms with Crippen LogP contribution in [0.1, 0.15) is 24.3 Å². The summed E-state index contributed by atoms with van der Waals surface area (Å²) < 4.78 is 5.71. The predicted molar refractivity (Wildman–Crippen MR) is 105 cm³/mol. The van der Waals surface area contributed by atoms with Crippen LogP contribution in [0.4, 0.5) is 0 Å². The van der Waals surface area contributed by atoms with E-state index in [1.165, 1.54) is 6.20 Å². The van der Waals surface area contributed by atoms with Crippen molar-refractivity contribution in [2.45, 2.75) is 19.9 Å². The summed E-state index contributed by atoms with van der Waals surface area (Å²) in [5.41, 5.74) is -0.263. The largest absolute Gasteiger partial charge is 0.380 e. The van der Waals surface area contributed by atoms with Crippen molar-refractivity contribution in [1.29, 1.82) is 0 Å². The molecule has 3 saturated heterocycles. The highest BCUT2D eigenvalue weighted by molar-refractivity contribution is 6.30. The minimum atomic E-state index is -0.623. The first-order valence-corrected chi connectivity index (χ1v) is 10.3. The summed E-state index contributed by atoms with van der Waals surface area (Å²) in [6.07, 6.45) is 1.48. The van der Waals surface area contributed by atoms with Crippen molar-refractivity contribution in [3.05, 3.63) is 29.0 Å². The zero-order chi connectivity index (χ0) is 19.9. The van der Waals surface area contributed by atoms with Gasteiger partial charge in [-0.2, -0.15) is 0 Å². The zero-order valence-electron chi connectivity index (χ0n) is 16.4. The summed E-state index contributed by atoms with van der Waals surface area (Å²) in [4.78, 5) is 36.6. The predicted octanol–water partition coefficient (Wildman–Crippen LogP) is 1.38. The molecule has 3 aliphatic heterocycles. The minimum absolute atomic E-state index is 0.0411. The van der Waals surface area contributed by atoms with Gasteiger partial charge in [0.2, 0.25) is 5.91 Å². The molecule has 2 amide bonds. The molecule has 2 atom stereocenters. The number of halogens is 1. The fourth-order valence-corrected chi connectivity index (χ4v) is 4.73. The molecule has 0 aliphatic carbocycles. The molecule has 3 aliphatic rings. The Kier molecular flexibility index (Phi) is 5.33. The Labute approximate surface area is 170 Å². The van der Waals surface area contributed by atoms with Gasteiger partial charge >= 0.3 is 0 Å². The molecule has 0 unspecified atom stereocenters. The molecule has 7 nitrogen and oxygen atoms in total. The fraction of sp³-hybridized carbons (Fsp3) is 0.650. The van der Waals surface area contributed by atoms with Gasteiger partial charge in [-0.05, 0) is 26.0 Å². The summed E-state index contributed by atoms with van der Waals surface area (Å²) in [5.74, 6) is 0.0278. The number of pyridine rings is 1. The Morgan fingerprint density at radius 2 is 1.96 bits per heavy atom. The number of carbonyl (C=O) groups is 2. The maximum atomic E-state index is 13.5. The van der Waals surface area contributed by atoms with E-state index in [2.05, 4.69) is 23.7 Å². The third-order valence-electron chi connectivity index (χ3n) is 6.37. The number of nitrogens with zero attached hydrogens (tertiary/aromatic N) is 4. The lowest BCUT2D eigenvalue weighted by Gasteiger charge is -2.40. The van der Waals surface area contributed by atoms with Crippen LogP contribution in [0.3, 0.4) is 0 Å². The SMILES string of the molecule is CC(C)N1CCN(C(=O)[C@]23COC[C@H]2CN(C(=O)c2ccc(Cl)cn2)C3)CC1. The topological polar surface area (TPSA) is 66.0 Å². The van der Waals surface area contributed by atoms with Crippen LogP contribution in [0.5, 0.6) is 0 Å². The van der Waals surface area contributed by atoms with E-state index in [0.717, 1.165) is 26.2 Å². The minimum Gasteiger partial charge on any atom is -0.380 e. The molecule has 4 heterocycles. The molecule has 0 bridgehead atoms. The van der Waals surface area contributed by atoms with Crippen LogP contribution in [0.15, 0.2) is 18.3 Å². The quantitative estimate of drug-likeness (QED) is 0.758. The van der Waals surface area contributed by atoms with E-state index < -0.39 is 5.41 Å². The van der Waals surface area contributed by atoms with Crippen molar-refractivity contribution in [2.24, 2.45) is 11.3 Å². The zero-order valence-corrected chi connectivity index (χ0v) is 17.2. The van der Waals surface area contributed by atoms with Crippen LogP contribution >= 0.6 is 11.6 Å². The van der Waals surface area contributed by atoms with E-state index in [4.69, 9.17) is 16.3 Å². The Morgan fingerprint density at radius 3 is 2.61 bits per heavy atom. The molecular weight excluding hydrogens is 380 g/mol. The third kappa shape index (κ3) is 3.40. The molecule has 0 radical (unpaired) electrons. The molecule has 0 saturated carbocycles. The molecule has 1 aromatic rings. The van der Waals surface area contributed by atoms with Crippen LogP contribution in [-0.2, 0) is 9.53 Å². The molecule has 4 rings (SSSR count). The fourth-order valence-electron chi connectivity index (χ4n) is 4.61. The first-order chi connectivity index (χ1) is 13.4. The van der Waals surface area contributed by atoms with Gasteiger partial charge in [0, 0.05) is 57.4 Å². The molecule has 0 spiro atoms. The lowest BCUT2D eigenvalue weighted by atomic mass is 9.79. The average molecular weight is 407 g/mol. The summed E-state index contributed by atoms with van der Waals surface area (Å²) in [7, 11) is 0. The van der Waals surface area contributed by atoms with Gasteiger partial charge in [0.15, 0.2) is 0 Å². The number of carbonyl (C=O) groups excluding carboxylic acids is 2. The number of rotatable bonds is 3. The van der Waals surface area contributed by atoms with Gasteiger partial charge in [0.05, 0.1) is 23.7 Å². The van der Waals surface area contributed by atoms with Gasteiger partial charge in [-0.25, -0.2) is 4.98 Å². The third-order valence-corrected chi connectivity index (χ3v) is 6.59. The van der Waals surface area contributed by atoms with Crippen LogP contribution in [0.2, 0.25) is 5.02 Å². The van der Waals surface area contributed by atoms with Gasteiger partial charge in [-0.3, -0.25) is 14.5 Å². The summed E-state index contributed by atoms with van der Waals surface area (Å²) in [6.45, 7) is 9.45. The molecule has 8 heteroatoms. The maximum Gasteiger partial charge on any atom is 0.272 e. The highest BCUT2D eigenvalue weighted by Gasteiger charge is 2.58. The maximum absolute atomic E-state index is 13.5. The molecule has 152 valence electrons.